The van der Waals surface area contributed by atoms with Gasteiger partial charge in [0.2, 0.25) is 0 Å². The van der Waals surface area contributed by atoms with Crippen molar-refractivity contribution in [2.24, 2.45) is 0 Å². The summed E-state index contributed by atoms with van der Waals surface area (Å²) >= 11 is 0. The van der Waals surface area contributed by atoms with E-state index in [4.69, 9.17) is 10.2 Å². The zero-order valence-corrected chi connectivity index (χ0v) is 6.70. The smallest absolute Gasteiger partial charge is 0.115 e. The van der Waals surface area contributed by atoms with Crippen LogP contribution in [0.2, 0.25) is 0 Å². The molecule has 0 saturated carbocycles. The van der Waals surface area contributed by atoms with Crippen molar-refractivity contribution in [3.63, 3.8) is 0 Å². The van der Waals surface area contributed by atoms with Crippen molar-refractivity contribution in [3.8, 4) is 0 Å². The van der Waals surface area contributed by atoms with Gasteiger partial charge in [-0.1, -0.05) is 6.92 Å². The Morgan fingerprint density at radius 3 is 1.50 bits per heavy atom. The average molecular weight is 148 g/mol. The van der Waals surface area contributed by atoms with Crippen molar-refractivity contribution in [2.75, 3.05) is 0 Å². The van der Waals surface area contributed by atoms with Crippen LogP contribution in [-0.2, 0) is 0 Å². The lowest BCUT2D eigenvalue weighted by Gasteiger charge is -2.32. The summed E-state index contributed by atoms with van der Waals surface area (Å²) in [6.45, 7) is 4.66. The second-order valence-corrected chi connectivity index (χ2v) is 2.70. The van der Waals surface area contributed by atoms with Crippen molar-refractivity contribution in [3.05, 3.63) is 0 Å². The minimum absolute atomic E-state index is 0.350. The molecule has 3 heteroatoms. The van der Waals surface area contributed by atoms with Crippen LogP contribution < -0.4 is 0 Å². The molecule has 0 rings (SSSR count). The van der Waals surface area contributed by atoms with Crippen LogP contribution in [0.4, 0.5) is 0 Å². The zero-order chi connectivity index (χ0) is 8.36. The van der Waals surface area contributed by atoms with Crippen LogP contribution >= 0.6 is 0 Å². The van der Waals surface area contributed by atoms with Crippen LogP contribution in [0.15, 0.2) is 0 Å². The Hall–Kier alpha value is -0.120. The van der Waals surface area contributed by atoms with Gasteiger partial charge in [0.1, 0.15) is 5.60 Å². The second-order valence-electron chi connectivity index (χ2n) is 2.70. The lowest BCUT2D eigenvalue weighted by Crippen LogP contribution is -2.49. The molecule has 2 atom stereocenters. The molecule has 3 N–H and O–H groups in total. The van der Waals surface area contributed by atoms with E-state index in [0.29, 0.717) is 6.42 Å². The van der Waals surface area contributed by atoms with Crippen LogP contribution in [-0.4, -0.2) is 33.1 Å². The van der Waals surface area contributed by atoms with E-state index < -0.39 is 17.8 Å². The first kappa shape index (κ1) is 9.88. The molecule has 0 spiro atoms. The summed E-state index contributed by atoms with van der Waals surface area (Å²) in [7, 11) is 0. The number of hydrogen-bond acceptors (Lipinski definition) is 3. The van der Waals surface area contributed by atoms with Crippen LogP contribution in [0.3, 0.4) is 0 Å². The van der Waals surface area contributed by atoms with Crippen LogP contribution in [0.5, 0.6) is 0 Å². The summed E-state index contributed by atoms with van der Waals surface area (Å²) in [6, 6.07) is 0. The standard InChI is InChI=1S/C7H16O3/c1-4-7(10,5(2)8)6(3)9/h5-6,8-10H,4H2,1-3H3. The predicted octanol–water partition coefficient (Wildman–Crippen LogP) is -0.111. The minimum Gasteiger partial charge on any atom is -0.390 e. The molecule has 0 aliphatic heterocycles. The Bertz CT molecular complexity index is 91.0. The first-order valence-corrected chi connectivity index (χ1v) is 3.53. The summed E-state index contributed by atoms with van der Waals surface area (Å²) in [6.07, 6.45) is -1.43. The summed E-state index contributed by atoms with van der Waals surface area (Å²) in [4.78, 5) is 0. The van der Waals surface area contributed by atoms with Gasteiger partial charge in [-0.05, 0) is 20.3 Å². The third kappa shape index (κ3) is 1.68. The fraction of sp³-hybridized carbons (Fsp3) is 1.00. The maximum absolute atomic E-state index is 9.47. The van der Waals surface area contributed by atoms with Gasteiger partial charge in [-0.3, -0.25) is 0 Å². The van der Waals surface area contributed by atoms with Crippen LogP contribution in [0.25, 0.3) is 0 Å². The van der Waals surface area contributed by atoms with Gasteiger partial charge in [0.05, 0.1) is 12.2 Å². The Balaban J connectivity index is 4.23. The molecule has 0 amide bonds. The van der Waals surface area contributed by atoms with E-state index in [-0.39, 0.29) is 0 Å². The van der Waals surface area contributed by atoms with E-state index in [1.165, 1.54) is 13.8 Å². The third-order valence-corrected chi connectivity index (χ3v) is 2.01. The highest BCUT2D eigenvalue weighted by Crippen LogP contribution is 2.19. The van der Waals surface area contributed by atoms with Gasteiger partial charge in [0, 0.05) is 0 Å². The number of hydrogen-bond donors (Lipinski definition) is 3. The Kier molecular flexibility index (Phi) is 3.28. The lowest BCUT2D eigenvalue weighted by atomic mass is 9.89. The van der Waals surface area contributed by atoms with Gasteiger partial charge < -0.3 is 15.3 Å². The molecule has 0 aliphatic rings. The molecule has 0 aromatic rings. The van der Waals surface area contributed by atoms with E-state index >= 15 is 0 Å². The molecule has 10 heavy (non-hydrogen) atoms. The van der Waals surface area contributed by atoms with Crippen molar-refractivity contribution in [1.82, 2.24) is 0 Å². The molecule has 0 fully saturated rings. The fourth-order valence-electron chi connectivity index (χ4n) is 0.940. The summed E-state index contributed by atoms with van der Waals surface area (Å²) < 4.78 is 0. The predicted molar refractivity (Wildman–Crippen MR) is 38.6 cm³/mol. The molecule has 0 saturated heterocycles. The van der Waals surface area contributed by atoms with Gasteiger partial charge in [-0.2, -0.15) is 0 Å². The van der Waals surface area contributed by atoms with Gasteiger partial charge >= 0.3 is 0 Å². The fourth-order valence-corrected chi connectivity index (χ4v) is 0.940. The minimum atomic E-state index is -1.35. The highest BCUT2D eigenvalue weighted by molar-refractivity contribution is 4.87. The van der Waals surface area contributed by atoms with Gasteiger partial charge in [-0.25, -0.2) is 0 Å². The Morgan fingerprint density at radius 1 is 1.20 bits per heavy atom. The molecule has 0 aromatic heterocycles. The first-order valence-electron chi connectivity index (χ1n) is 3.53. The van der Waals surface area contributed by atoms with Gasteiger partial charge in [0.15, 0.2) is 0 Å². The van der Waals surface area contributed by atoms with Crippen molar-refractivity contribution >= 4 is 0 Å². The quantitative estimate of drug-likeness (QED) is 0.523. The molecule has 3 nitrogen and oxygen atoms in total. The van der Waals surface area contributed by atoms with E-state index in [1.807, 2.05) is 0 Å². The highest BCUT2D eigenvalue weighted by Gasteiger charge is 2.35. The van der Waals surface area contributed by atoms with Gasteiger partial charge in [0.25, 0.3) is 0 Å². The van der Waals surface area contributed by atoms with Crippen molar-refractivity contribution in [1.29, 1.82) is 0 Å². The maximum atomic E-state index is 9.47. The van der Waals surface area contributed by atoms with Crippen molar-refractivity contribution < 1.29 is 15.3 Å². The molecule has 0 aliphatic carbocycles. The Labute approximate surface area is 61.3 Å². The molecule has 0 radical (unpaired) electrons. The van der Waals surface area contributed by atoms with E-state index in [0.717, 1.165) is 0 Å². The largest absolute Gasteiger partial charge is 0.390 e. The van der Waals surface area contributed by atoms with E-state index in [9.17, 15) is 5.11 Å². The maximum Gasteiger partial charge on any atom is 0.115 e. The topological polar surface area (TPSA) is 60.7 Å². The number of aliphatic hydroxyl groups excluding tert-OH is 2. The van der Waals surface area contributed by atoms with E-state index in [1.54, 1.807) is 6.92 Å². The SMILES string of the molecule is CCC(O)(C(C)O)C(C)O. The summed E-state index contributed by atoms with van der Waals surface area (Å²) in [5.41, 5.74) is -1.35. The summed E-state index contributed by atoms with van der Waals surface area (Å²) in [5, 5.41) is 27.5. The lowest BCUT2D eigenvalue weighted by molar-refractivity contribution is -0.135. The van der Waals surface area contributed by atoms with Crippen LogP contribution in [0.1, 0.15) is 27.2 Å². The third-order valence-electron chi connectivity index (χ3n) is 2.01. The van der Waals surface area contributed by atoms with Crippen molar-refractivity contribution in [2.45, 2.75) is 45.0 Å². The Morgan fingerprint density at radius 2 is 1.50 bits per heavy atom. The monoisotopic (exact) mass is 148 g/mol. The summed E-state index contributed by atoms with van der Waals surface area (Å²) in [5.74, 6) is 0. The molecule has 0 heterocycles. The number of aliphatic hydroxyl groups is 3. The molecule has 62 valence electrons. The second kappa shape index (κ2) is 3.32. The average Bonchev–Trinajstić information content (AvgIpc) is 1.85. The van der Waals surface area contributed by atoms with Gasteiger partial charge in [-0.15, -0.1) is 0 Å². The first-order chi connectivity index (χ1) is 4.45. The van der Waals surface area contributed by atoms with Crippen LogP contribution in [0, 0.1) is 0 Å². The zero-order valence-electron chi connectivity index (χ0n) is 6.70. The molecule has 2 unspecified atom stereocenters. The van der Waals surface area contributed by atoms with E-state index in [2.05, 4.69) is 0 Å². The normalized spacial score (nSPS) is 23.4. The number of rotatable bonds is 3. The molecular weight excluding hydrogens is 132 g/mol. The molecule has 0 aromatic carbocycles. The molecular formula is C7H16O3. The highest BCUT2D eigenvalue weighted by atomic mass is 16.4. The molecule has 0 bridgehead atoms.